The highest BCUT2D eigenvalue weighted by Gasteiger charge is 2.35. The van der Waals surface area contributed by atoms with Crippen molar-refractivity contribution in [1.29, 1.82) is 0 Å². The third-order valence-electron chi connectivity index (χ3n) is 8.35. The Morgan fingerprint density at radius 3 is 2.38 bits per heavy atom. The Morgan fingerprint density at radius 1 is 0.950 bits per heavy atom. The summed E-state index contributed by atoms with van der Waals surface area (Å²) >= 11 is 6.69. The number of hydrogen-bond acceptors (Lipinski definition) is 5. The maximum Gasteiger partial charge on any atom is 0.253 e. The van der Waals surface area contributed by atoms with E-state index < -0.39 is 0 Å². The summed E-state index contributed by atoms with van der Waals surface area (Å²) in [5, 5.41) is 0.654. The maximum absolute atomic E-state index is 13.3. The summed E-state index contributed by atoms with van der Waals surface area (Å²) in [7, 11) is 0. The van der Waals surface area contributed by atoms with Gasteiger partial charge in [-0.25, -0.2) is 9.97 Å². The second kappa shape index (κ2) is 11.8. The molecule has 6 rings (SSSR count). The molecule has 2 fully saturated rings. The number of benzene rings is 2. The number of pyridine rings is 1. The second-order valence-corrected chi connectivity index (χ2v) is 11.1. The van der Waals surface area contributed by atoms with E-state index in [2.05, 4.69) is 38.8 Å². The number of amides is 1. The molecule has 0 bridgehead atoms. The standard InChI is InChI=1S/C32H35ClN6O/c1-2-27-22-38(31-29(33)20-26(21-36-31)30-34-14-15-35-30)18-19-39(27)28-12-16-37(17-13-28)32(40)25-10-8-24(9-11-25)23-6-4-3-5-7-23/h3-11,14-15,20-21,27-28H,2,12-13,16-19,22H2,1H3,(H,34,35)/t27-/m0/s1. The number of nitrogens with zero attached hydrogens (tertiary/aromatic N) is 5. The van der Waals surface area contributed by atoms with Gasteiger partial charge in [0.25, 0.3) is 5.91 Å². The minimum absolute atomic E-state index is 0.133. The first-order valence-corrected chi connectivity index (χ1v) is 14.6. The molecule has 206 valence electrons. The second-order valence-electron chi connectivity index (χ2n) is 10.7. The van der Waals surface area contributed by atoms with E-state index in [9.17, 15) is 4.79 Å². The van der Waals surface area contributed by atoms with Gasteiger partial charge in [-0.1, -0.05) is 61.0 Å². The molecule has 1 amide bonds. The van der Waals surface area contributed by atoms with Gasteiger partial charge in [0.05, 0.1) is 5.02 Å². The number of anilines is 1. The lowest BCUT2D eigenvalue weighted by Crippen LogP contribution is -2.58. The zero-order chi connectivity index (χ0) is 27.5. The Hall–Kier alpha value is -3.68. The molecule has 0 radical (unpaired) electrons. The monoisotopic (exact) mass is 554 g/mol. The van der Waals surface area contributed by atoms with Crippen LogP contribution in [0.5, 0.6) is 0 Å². The Kier molecular flexibility index (Phi) is 7.84. The molecule has 4 aromatic rings. The number of carbonyl (C=O) groups excluding carboxylic acids is 1. The van der Waals surface area contributed by atoms with Crippen molar-refractivity contribution in [2.75, 3.05) is 37.6 Å². The molecule has 0 unspecified atom stereocenters. The van der Waals surface area contributed by atoms with Crippen molar-refractivity contribution in [2.24, 2.45) is 0 Å². The van der Waals surface area contributed by atoms with Crippen LogP contribution in [0.15, 0.2) is 79.3 Å². The van der Waals surface area contributed by atoms with Crippen LogP contribution in [0.4, 0.5) is 5.82 Å². The number of likely N-dealkylation sites (tertiary alicyclic amines) is 1. The molecule has 2 aromatic heterocycles. The third kappa shape index (κ3) is 5.49. The summed E-state index contributed by atoms with van der Waals surface area (Å²) in [6.45, 7) is 6.60. The third-order valence-corrected chi connectivity index (χ3v) is 8.63. The molecule has 1 atom stereocenters. The molecule has 0 spiro atoms. The number of H-pyrrole nitrogens is 1. The van der Waals surface area contributed by atoms with Crippen molar-refractivity contribution in [3.05, 3.63) is 89.8 Å². The number of aromatic amines is 1. The molecular weight excluding hydrogens is 520 g/mol. The smallest absolute Gasteiger partial charge is 0.253 e. The van der Waals surface area contributed by atoms with Gasteiger partial charge in [0.1, 0.15) is 11.6 Å². The van der Waals surface area contributed by atoms with Crippen molar-refractivity contribution in [3.63, 3.8) is 0 Å². The summed E-state index contributed by atoms with van der Waals surface area (Å²) in [5.74, 6) is 1.74. The summed E-state index contributed by atoms with van der Waals surface area (Å²) in [6, 6.07) is 21.1. The van der Waals surface area contributed by atoms with Crippen LogP contribution in [-0.2, 0) is 0 Å². The number of piperazine rings is 1. The predicted molar refractivity (Wildman–Crippen MR) is 161 cm³/mol. The Morgan fingerprint density at radius 2 is 1.70 bits per heavy atom. The summed E-state index contributed by atoms with van der Waals surface area (Å²) in [6.07, 6.45) is 8.43. The van der Waals surface area contributed by atoms with Crippen LogP contribution >= 0.6 is 11.6 Å². The van der Waals surface area contributed by atoms with E-state index in [1.165, 1.54) is 0 Å². The van der Waals surface area contributed by atoms with Crippen LogP contribution in [0.3, 0.4) is 0 Å². The van der Waals surface area contributed by atoms with E-state index in [-0.39, 0.29) is 5.91 Å². The van der Waals surface area contributed by atoms with E-state index in [4.69, 9.17) is 16.6 Å². The fraction of sp³-hybridized carbons (Fsp3) is 0.344. The van der Waals surface area contributed by atoms with Crippen molar-refractivity contribution >= 4 is 23.3 Å². The Labute approximate surface area is 240 Å². The minimum Gasteiger partial charge on any atom is -0.353 e. The molecular formula is C32H35ClN6O. The highest BCUT2D eigenvalue weighted by atomic mass is 35.5. The molecule has 7 nitrogen and oxygen atoms in total. The number of rotatable bonds is 6. The van der Waals surface area contributed by atoms with Gasteiger partial charge < -0.3 is 14.8 Å². The lowest BCUT2D eigenvalue weighted by Gasteiger charge is -2.47. The molecule has 2 aliphatic heterocycles. The quantitative estimate of drug-likeness (QED) is 0.317. The van der Waals surface area contributed by atoms with Crippen LogP contribution in [0.1, 0.15) is 36.5 Å². The highest BCUT2D eigenvalue weighted by Crippen LogP contribution is 2.31. The van der Waals surface area contributed by atoms with Gasteiger partial charge in [-0.3, -0.25) is 9.69 Å². The number of piperidine rings is 1. The average molecular weight is 555 g/mol. The largest absolute Gasteiger partial charge is 0.353 e. The highest BCUT2D eigenvalue weighted by molar-refractivity contribution is 6.33. The van der Waals surface area contributed by atoms with Gasteiger partial charge >= 0.3 is 0 Å². The summed E-state index contributed by atoms with van der Waals surface area (Å²) < 4.78 is 0. The molecule has 4 heterocycles. The van der Waals surface area contributed by atoms with Crippen molar-refractivity contribution in [3.8, 4) is 22.5 Å². The molecule has 40 heavy (non-hydrogen) atoms. The Balaban J connectivity index is 1.05. The fourth-order valence-electron chi connectivity index (χ4n) is 6.14. The minimum atomic E-state index is 0.133. The number of imidazole rings is 1. The first kappa shape index (κ1) is 26.5. The van der Waals surface area contributed by atoms with Crippen LogP contribution in [0.25, 0.3) is 22.5 Å². The molecule has 0 aliphatic carbocycles. The van der Waals surface area contributed by atoms with Crippen molar-refractivity contribution in [2.45, 2.75) is 38.3 Å². The average Bonchev–Trinajstić information content (AvgIpc) is 3.56. The van der Waals surface area contributed by atoms with E-state index in [0.29, 0.717) is 17.1 Å². The molecule has 1 N–H and O–H groups in total. The van der Waals surface area contributed by atoms with Gasteiger partial charge in [0, 0.05) is 74.5 Å². The van der Waals surface area contributed by atoms with Crippen molar-refractivity contribution in [1.82, 2.24) is 24.8 Å². The van der Waals surface area contributed by atoms with Crippen molar-refractivity contribution < 1.29 is 4.79 Å². The first-order valence-electron chi connectivity index (χ1n) is 14.2. The van der Waals surface area contributed by atoms with Gasteiger partial charge in [-0.2, -0.15) is 0 Å². The number of hydrogen-bond donors (Lipinski definition) is 1. The molecule has 0 saturated carbocycles. The lowest BCUT2D eigenvalue weighted by atomic mass is 9.97. The summed E-state index contributed by atoms with van der Waals surface area (Å²) in [5.41, 5.74) is 3.95. The maximum atomic E-state index is 13.3. The zero-order valence-corrected chi connectivity index (χ0v) is 23.6. The molecule has 2 aliphatic rings. The first-order chi connectivity index (χ1) is 19.6. The van der Waals surface area contributed by atoms with Gasteiger partial charge in [0.15, 0.2) is 0 Å². The molecule has 2 aromatic carbocycles. The molecule has 2 saturated heterocycles. The van der Waals surface area contributed by atoms with E-state index in [1.807, 2.05) is 59.6 Å². The van der Waals surface area contributed by atoms with E-state index in [0.717, 1.165) is 85.9 Å². The topological polar surface area (TPSA) is 68.4 Å². The van der Waals surface area contributed by atoms with Gasteiger partial charge in [-0.15, -0.1) is 0 Å². The zero-order valence-electron chi connectivity index (χ0n) is 22.8. The van der Waals surface area contributed by atoms with Gasteiger partial charge in [-0.05, 0) is 48.6 Å². The Bertz CT molecular complexity index is 1420. The lowest BCUT2D eigenvalue weighted by molar-refractivity contribution is 0.0491. The van der Waals surface area contributed by atoms with Crippen LogP contribution in [0, 0.1) is 0 Å². The fourth-order valence-corrected chi connectivity index (χ4v) is 6.43. The summed E-state index contributed by atoms with van der Waals surface area (Å²) in [4.78, 5) is 32.4. The molecule has 8 heteroatoms. The number of nitrogens with one attached hydrogen (secondary N) is 1. The van der Waals surface area contributed by atoms with Gasteiger partial charge in [0.2, 0.25) is 0 Å². The van der Waals surface area contributed by atoms with Crippen LogP contribution in [0.2, 0.25) is 5.02 Å². The number of halogens is 1. The normalized spacial score (nSPS) is 18.7. The van der Waals surface area contributed by atoms with E-state index >= 15 is 0 Å². The van der Waals surface area contributed by atoms with E-state index in [1.54, 1.807) is 12.4 Å². The predicted octanol–water partition coefficient (Wildman–Crippen LogP) is 6.00. The SMILES string of the molecule is CC[C@H]1CN(c2ncc(-c3ncc[nH]3)cc2Cl)CCN1C1CCN(C(=O)c2ccc(-c3ccccc3)cc2)CC1. The number of aromatic nitrogens is 3. The van der Waals surface area contributed by atoms with Crippen LogP contribution in [-0.4, -0.2) is 75.5 Å². The number of carbonyl (C=O) groups is 1. The van der Waals surface area contributed by atoms with Crippen LogP contribution < -0.4 is 4.90 Å².